The average molecular weight is 470 g/mol. The number of nitrogens with zero attached hydrogens (tertiary/aromatic N) is 1. The van der Waals surface area contributed by atoms with Crippen LogP contribution in [0.3, 0.4) is 0 Å². The molecule has 1 fully saturated rings. The summed E-state index contributed by atoms with van der Waals surface area (Å²) in [5, 5.41) is 10.6. The Hall–Kier alpha value is -3.83. The maximum atomic E-state index is 13.5. The third-order valence-corrected chi connectivity index (χ3v) is 6.68. The molecule has 1 aliphatic rings. The number of β-lactam (4-membered cyclic amide) rings is 1. The minimum atomic E-state index is -0.788. The number of aliphatic hydroxyl groups excluding tert-OH is 1. The van der Waals surface area contributed by atoms with Crippen molar-refractivity contribution in [3.63, 3.8) is 0 Å². The van der Waals surface area contributed by atoms with Gasteiger partial charge < -0.3 is 10.0 Å². The van der Waals surface area contributed by atoms with E-state index in [1.807, 2.05) is 54.6 Å². The lowest BCUT2D eigenvalue weighted by atomic mass is 9.78. The van der Waals surface area contributed by atoms with Crippen molar-refractivity contribution in [2.24, 2.45) is 5.92 Å². The van der Waals surface area contributed by atoms with Gasteiger partial charge in [-0.1, -0.05) is 66.7 Å². The van der Waals surface area contributed by atoms with E-state index in [-0.39, 0.29) is 29.5 Å². The van der Waals surface area contributed by atoms with Crippen LogP contribution in [-0.2, 0) is 4.79 Å². The Kier molecular flexibility index (Phi) is 6.43. The first-order valence-electron chi connectivity index (χ1n) is 11.7. The smallest absolute Gasteiger partial charge is 0.233 e. The van der Waals surface area contributed by atoms with Crippen LogP contribution in [0.15, 0.2) is 103 Å². The number of hydrogen-bond donors (Lipinski definition) is 1. The van der Waals surface area contributed by atoms with E-state index >= 15 is 0 Å². The fourth-order valence-electron chi connectivity index (χ4n) is 4.79. The molecule has 0 aromatic heterocycles. The minimum absolute atomic E-state index is 0.0555. The van der Waals surface area contributed by atoms with Gasteiger partial charge in [0.05, 0.1) is 18.1 Å². The summed E-state index contributed by atoms with van der Waals surface area (Å²) in [7, 11) is 0. The lowest BCUT2D eigenvalue weighted by molar-refractivity contribution is -0.131. The molecule has 1 amide bonds. The molecule has 35 heavy (non-hydrogen) atoms. The second-order valence-corrected chi connectivity index (χ2v) is 8.87. The van der Waals surface area contributed by atoms with Crippen molar-refractivity contribution in [1.29, 1.82) is 0 Å². The van der Waals surface area contributed by atoms with Crippen LogP contribution in [0.1, 0.15) is 36.1 Å². The van der Waals surface area contributed by atoms with E-state index in [1.54, 1.807) is 29.2 Å². The predicted octanol–water partition coefficient (Wildman–Crippen LogP) is 6.85. The number of benzene rings is 4. The third-order valence-electron chi connectivity index (χ3n) is 6.68. The van der Waals surface area contributed by atoms with Gasteiger partial charge in [0.2, 0.25) is 5.91 Å². The Morgan fingerprint density at radius 1 is 0.743 bits per heavy atom. The summed E-state index contributed by atoms with van der Waals surface area (Å²) in [6.07, 6.45) is 0.0577. The van der Waals surface area contributed by atoms with E-state index in [0.717, 1.165) is 16.7 Å². The van der Waals surface area contributed by atoms with Gasteiger partial charge in [-0.2, -0.15) is 0 Å². The molecule has 4 aromatic rings. The monoisotopic (exact) mass is 469 g/mol. The molecule has 1 saturated heterocycles. The molecular weight excluding hydrogens is 444 g/mol. The zero-order chi connectivity index (χ0) is 24.4. The van der Waals surface area contributed by atoms with Gasteiger partial charge in [-0.3, -0.25) is 4.79 Å². The van der Waals surface area contributed by atoms with Gasteiger partial charge in [0.25, 0.3) is 0 Å². The van der Waals surface area contributed by atoms with Gasteiger partial charge >= 0.3 is 0 Å². The maximum Gasteiger partial charge on any atom is 0.233 e. The number of carbonyl (C=O) groups is 1. The molecule has 1 aliphatic heterocycles. The highest BCUT2D eigenvalue weighted by Gasteiger charge is 2.48. The van der Waals surface area contributed by atoms with Crippen LogP contribution in [0.25, 0.3) is 11.1 Å². The van der Waals surface area contributed by atoms with E-state index < -0.39 is 6.10 Å². The highest BCUT2D eigenvalue weighted by Crippen LogP contribution is 2.46. The summed E-state index contributed by atoms with van der Waals surface area (Å²) in [4.78, 5) is 14.9. The molecule has 1 heterocycles. The Balaban J connectivity index is 1.39. The van der Waals surface area contributed by atoms with Crippen LogP contribution in [0.2, 0.25) is 0 Å². The Morgan fingerprint density at radius 3 is 1.94 bits per heavy atom. The summed E-state index contributed by atoms with van der Waals surface area (Å²) in [5.41, 5.74) is 4.44. The third kappa shape index (κ3) is 4.73. The van der Waals surface area contributed by atoms with Gasteiger partial charge in [-0.15, -0.1) is 0 Å². The lowest BCUT2D eigenvalue weighted by Gasteiger charge is -2.48. The molecule has 3 atom stereocenters. The molecule has 0 spiro atoms. The molecule has 4 aromatic carbocycles. The summed E-state index contributed by atoms with van der Waals surface area (Å²) in [6.45, 7) is 0. The second kappa shape index (κ2) is 9.80. The Labute approximate surface area is 203 Å². The first kappa shape index (κ1) is 22.9. The van der Waals surface area contributed by atoms with Crippen LogP contribution in [0, 0.1) is 17.6 Å². The maximum absolute atomic E-state index is 13.5. The van der Waals surface area contributed by atoms with Gasteiger partial charge in [0.15, 0.2) is 0 Å². The van der Waals surface area contributed by atoms with Gasteiger partial charge in [-0.25, -0.2) is 8.78 Å². The molecule has 0 saturated carbocycles. The van der Waals surface area contributed by atoms with Crippen LogP contribution in [0.5, 0.6) is 0 Å². The number of rotatable bonds is 7. The molecule has 1 N–H and O–H groups in total. The number of hydrogen-bond acceptors (Lipinski definition) is 2. The second-order valence-electron chi connectivity index (χ2n) is 8.87. The topological polar surface area (TPSA) is 40.5 Å². The normalized spacial score (nSPS) is 18.3. The first-order chi connectivity index (χ1) is 17.0. The van der Waals surface area contributed by atoms with E-state index in [2.05, 4.69) is 0 Å². The number of carbonyl (C=O) groups excluding carboxylic acids is 1. The number of aliphatic hydroxyl groups is 1. The van der Waals surface area contributed by atoms with Crippen molar-refractivity contribution in [3.8, 4) is 11.1 Å². The van der Waals surface area contributed by atoms with E-state index in [4.69, 9.17) is 0 Å². The number of halogens is 2. The molecule has 176 valence electrons. The molecule has 2 unspecified atom stereocenters. The average Bonchev–Trinajstić information content (AvgIpc) is 2.89. The zero-order valence-corrected chi connectivity index (χ0v) is 19.0. The largest absolute Gasteiger partial charge is 0.388 e. The fourth-order valence-corrected chi connectivity index (χ4v) is 4.79. The zero-order valence-electron chi connectivity index (χ0n) is 19.0. The predicted molar refractivity (Wildman–Crippen MR) is 133 cm³/mol. The minimum Gasteiger partial charge on any atom is -0.388 e. The SMILES string of the molecule is O=C1C(CC[C@H](O)c2ccc(F)cc2)C(c2ccc(-c3ccccc3)cc2)N1c1ccc(F)cc1. The van der Waals surface area contributed by atoms with Crippen molar-refractivity contribution >= 4 is 11.6 Å². The molecule has 0 aliphatic carbocycles. The van der Waals surface area contributed by atoms with E-state index in [0.29, 0.717) is 24.1 Å². The van der Waals surface area contributed by atoms with Crippen molar-refractivity contribution in [3.05, 3.63) is 126 Å². The molecular formula is C30H25F2NO2. The van der Waals surface area contributed by atoms with E-state index in [1.165, 1.54) is 24.3 Å². The van der Waals surface area contributed by atoms with Crippen molar-refractivity contribution in [1.82, 2.24) is 0 Å². The van der Waals surface area contributed by atoms with Crippen molar-refractivity contribution < 1.29 is 18.7 Å². The summed E-state index contributed by atoms with van der Waals surface area (Å²) < 4.78 is 26.7. The molecule has 3 nitrogen and oxygen atoms in total. The van der Waals surface area contributed by atoms with Crippen molar-refractivity contribution in [2.75, 3.05) is 4.90 Å². The standard InChI is InChI=1S/C30H25F2NO2/c31-24-12-10-22(11-13-24)28(34)19-18-27-29(33(30(27)35)26-16-14-25(32)15-17-26)23-8-6-21(7-9-23)20-4-2-1-3-5-20/h1-17,27-29,34H,18-19H2/t27?,28-,29?/m0/s1. The first-order valence-corrected chi connectivity index (χ1v) is 11.7. The number of anilines is 1. The summed E-state index contributed by atoms with van der Waals surface area (Å²) in [5.74, 6) is -1.09. The Bertz CT molecular complexity index is 1290. The van der Waals surface area contributed by atoms with Crippen LogP contribution in [0.4, 0.5) is 14.5 Å². The number of amides is 1. The van der Waals surface area contributed by atoms with Crippen molar-refractivity contribution in [2.45, 2.75) is 25.0 Å². The van der Waals surface area contributed by atoms with Gasteiger partial charge in [0, 0.05) is 5.69 Å². The molecule has 0 bridgehead atoms. The summed E-state index contributed by atoms with van der Waals surface area (Å²) >= 11 is 0. The highest BCUT2D eigenvalue weighted by atomic mass is 19.1. The quantitative estimate of drug-likeness (QED) is 0.301. The highest BCUT2D eigenvalue weighted by molar-refractivity contribution is 6.03. The van der Waals surface area contributed by atoms with Gasteiger partial charge in [-0.05, 0) is 71.5 Å². The molecule has 5 heteroatoms. The molecule has 5 rings (SSSR count). The fraction of sp³-hybridized carbons (Fsp3) is 0.167. The lowest BCUT2D eigenvalue weighted by Crippen LogP contribution is -2.55. The van der Waals surface area contributed by atoms with Crippen LogP contribution in [-0.4, -0.2) is 11.0 Å². The van der Waals surface area contributed by atoms with E-state index in [9.17, 15) is 18.7 Å². The molecule has 0 radical (unpaired) electrons. The van der Waals surface area contributed by atoms with Gasteiger partial charge in [0.1, 0.15) is 11.6 Å². The Morgan fingerprint density at radius 2 is 1.31 bits per heavy atom. The van der Waals surface area contributed by atoms with Crippen LogP contribution >= 0.6 is 0 Å². The van der Waals surface area contributed by atoms with Crippen LogP contribution < -0.4 is 4.90 Å². The summed E-state index contributed by atoms with van der Waals surface area (Å²) in [6, 6.07) is 29.7.